The van der Waals surface area contributed by atoms with Crippen molar-refractivity contribution in [3.05, 3.63) is 35.1 Å². The Morgan fingerprint density at radius 2 is 1.75 bits per heavy atom. The molecule has 0 spiro atoms. The van der Waals surface area contributed by atoms with Crippen LogP contribution in [-0.2, 0) is 16.5 Å². The molecule has 1 amide bonds. The van der Waals surface area contributed by atoms with Crippen molar-refractivity contribution in [1.29, 1.82) is 0 Å². The number of fused-ring (bicyclic) bond motifs is 2. The van der Waals surface area contributed by atoms with Gasteiger partial charge in [0.25, 0.3) is 0 Å². The van der Waals surface area contributed by atoms with Crippen LogP contribution in [0.2, 0.25) is 0 Å². The molecule has 2 saturated heterocycles. The first kappa shape index (κ1) is 20.9. The molecule has 2 aliphatic heterocycles. The monoisotopic (exact) mass is 403 g/mol. The zero-order chi connectivity index (χ0) is 20.9. The van der Waals surface area contributed by atoms with Crippen LogP contribution in [0.5, 0.6) is 0 Å². The first-order valence-corrected chi connectivity index (χ1v) is 9.41. The van der Waals surface area contributed by atoms with Gasteiger partial charge in [-0.15, -0.1) is 0 Å². The van der Waals surface area contributed by atoms with Crippen molar-refractivity contribution < 1.29 is 32.2 Å². The van der Waals surface area contributed by atoms with Crippen molar-refractivity contribution in [2.45, 2.75) is 82.3 Å². The van der Waals surface area contributed by atoms with Crippen LogP contribution in [0, 0.1) is 5.82 Å². The van der Waals surface area contributed by atoms with E-state index in [0.29, 0.717) is 25.0 Å². The lowest BCUT2D eigenvalue weighted by Gasteiger charge is -2.51. The number of hydrogen-bond donors (Lipinski definition) is 1. The number of carbonyl (C=O) groups is 1. The van der Waals surface area contributed by atoms with Gasteiger partial charge in [0.1, 0.15) is 11.4 Å². The molecule has 8 heteroatoms. The summed E-state index contributed by atoms with van der Waals surface area (Å²) in [5, 5.41) is 11.2. The highest BCUT2D eigenvalue weighted by atomic mass is 19.4. The molecule has 2 fully saturated rings. The number of alkyl halides is 3. The molecule has 2 atom stereocenters. The second-order valence-electron chi connectivity index (χ2n) is 8.76. The first-order chi connectivity index (χ1) is 12.8. The molecule has 1 aromatic rings. The molecule has 2 aliphatic rings. The van der Waals surface area contributed by atoms with E-state index >= 15 is 0 Å². The molecule has 2 unspecified atom stereocenters. The number of nitrogens with zero attached hydrogens (tertiary/aromatic N) is 1. The summed E-state index contributed by atoms with van der Waals surface area (Å²) in [5.41, 5.74) is -3.81. The summed E-state index contributed by atoms with van der Waals surface area (Å²) in [6.07, 6.45) is -3.20. The van der Waals surface area contributed by atoms with Crippen molar-refractivity contribution in [2.24, 2.45) is 0 Å². The lowest BCUT2D eigenvalue weighted by Crippen LogP contribution is -2.59. The Morgan fingerprint density at radius 3 is 2.25 bits per heavy atom. The van der Waals surface area contributed by atoms with Crippen LogP contribution in [0.1, 0.15) is 64.0 Å². The Hall–Kier alpha value is -1.83. The molecule has 28 heavy (non-hydrogen) atoms. The minimum Gasteiger partial charge on any atom is -0.444 e. The third kappa shape index (κ3) is 4.11. The minimum atomic E-state index is -4.63. The van der Waals surface area contributed by atoms with Gasteiger partial charge in [0.05, 0.1) is 11.2 Å². The van der Waals surface area contributed by atoms with Crippen LogP contribution >= 0.6 is 0 Å². The molecule has 1 N–H and O–H groups in total. The maximum atomic E-state index is 14.4. The summed E-state index contributed by atoms with van der Waals surface area (Å²) in [4.78, 5) is 14.2. The highest BCUT2D eigenvalue weighted by Crippen LogP contribution is 2.46. The number of ether oxygens (including phenoxy) is 1. The van der Waals surface area contributed by atoms with Crippen molar-refractivity contribution in [3.8, 4) is 0 Å². The van der Waals surface area contributed by atoms with Gasteiger partial charge in [-0.25, -0.2) is 9.18 Å². The molecule has 156 valence electrons. The van der Waals surface area contributed by atoms with Gasteiger partial charge in [0.2, 0.25) is 0 Å². The van der Waals surface area contributed by atoms with Crippen molar-refractivity contribution in [1.82, 2.24) is 4.90 Å². The van der Waals surface area contributed by atoms with Crippen molar-refractivity contribution >= 4 is 6.09 Å². The summed E-state index contributed by atoms with van der Waals surface area (Å²) in [6, 6.07) is 1.27. The van der Waals surface area contributed by atoms with Crippen LogP contribution in [0.25, 0.3) is 0 Å². The molecule has 3 rings (SSSR count). The van der Waals surface area contributed by atoms with Gasteiger partial charge >= 0.3 is 12.3 Å². The molecular weight excluding hydrogens is 378 g/mol. The van der Waals surface area contributed by atoms with Crippen molar-refractivity contribution in [2.75, 3.05) is 0 Å². The smallest absolute Gasteiger partial charge is 0.416 e. The van der Waals surface area contributed by atoms with Gasteiger partial charge in [-0.05, 0) is 58.2 Å². The fraction of sp³-hybridized carbons (Fsp3) is 0.650. The van der Waals surface area contributed by atoms with E-state index in [-0.39, 0.29) is 18.4 Å². The van der Waals surface area contributed by atoms with Gasteiger partial charge in [-0.1, -0.05) is 0 Å². The Balaban J connectivity index is 1.92. The molecule has 0 radical (unpaired) electrons. The fourth-order valence-electron chi connectivity index (χ4n) is 4.32. The van der Waals surface area contributed by atoms with E-state index in [1.165, 1.54) is 0 Å². The summed E-state index contributed by atoms with van der Waals surface area (Å²) >= 11 is 0. The minimum absolute atomic E-state index is 0.0268. The van der Waals surface area contributed by atoms with Gasteiger partial charge < -0.3 is 14.7 Å². The zero-order valence-electron chi connectivity index (χ0n) is 16.1. The average Bonchev–Trinajstić information content (AvgIpc) is 2.51. The molecule has 2 heterocycles. The molecule has 2 bridgehead atoms. The summed E-state index contributed by atoms with van der Waals surface area (Å²) in [7, 11) is 0. The molecule has 0 saturated carbocycles. The highest BCUT2D eigenvalue weighted by molar-refractivity contribution is 5.69. The summed E-state index contributed by atoms with van der Waals surface area (Å²) in [5.74, 6) is -0.876. The van der Waals surface area contributed by atoms with E-state index in [1.54, 1.807) is 25.7 Å². The highest BCUT2D eigenvalue weighted by Gasteiger charge is 2.50. The van der Waals surface area contributed by atoms with Gasteiger partial charge in [0.15, 0.2) is 0 Å². The second-order valence-corrected chi connectivity index (χ2v) is 8.76. The standard InChI is InChI=1S/C20H25F4NO3/c1-18(2,3)28-17(26)25-13-5-4-6-14(25)11-19(27,10-13)15-9-12(20(22,23)24)7-8-16(15)21/h7-9,13-14,27H,4-6,10-11H2,1-3H3. The van der Waals surface area contributed by atoms with Gasteiger partial charge in [0, 0.05) is 30.5 Å². The summed E-state index contributed by atoms with van der Waals surface area (Å²) in [6.45, 7) is 5.25. The number of carbonyl (C=O) groups excluding carboxylic acids is 1. The van der Waals surface area contributed by atoms with Crippen molar-refractivity contribution in [3.63, 3.8) is 0 Å². The lowest BCUT2D eigenvalue weighted by molar-refractivity contribution is -0.138. The Morgan fingerprint density at radius 1 is 1.18 bits per heavy atom. The van der Waals surface area contributed by atoms with E-state index in [4.69, 9.17) is 4.74 Å². The zero-order valence-corrected chi connectivity index (χ0v) is 16.1. The number of piperidine rings is 2. The van der Waals surface area contributed by atoms with Gasteiger partial charge in [-0.2, -0.15) is 13.2 Å². The predicted molar refractivity (Wildman–Crippen MR) is 94.0 cm³/mol. The van der Waals surface area contributed by atoms with E-state index in [1.807, 2.05) is 0 Å². The van der Waals surface area contributed by atoms with Gasteiger partial charge in [-0.3, -0.25) is 0 Å². The van der Waals surface area contributed by atoms with E-state index < -0.39 is 46.9 Å². The normalized spacial score (nSPS) is 28.2. The largest absolute Gasteiger partial charge is 0.444 e. The number of aliphatic hydroxyl groups is 1. The van der Waals surface area contributed by atoms with Crippen LogP contribution in [0.4, 0.5) is 22.4 Å². The number of amides is 1. The SMILES string of the molecule is CC(C)(C)OC(=O)N1C2CCCC1CC(O)(c1cc(C(F)(F)F)ccc1F)C2. The maximum Gasteiger partial charge on any atom is 0.416 e. The second kappa shape index (κ2) is 6.90. The Bertz CT molecular complexity index is 743. The average molecular weight is 403 g/mol. The maximum absolute atomic E-state index is 14.4. The molecule has 4 nitrogen and oxygen atoms in total. The van der Waals surface area contributed by atoms with Crippen LogP contribution < -0.4 is 0 Å². The lowest BCUT2D eigenvalue weighted by atomic mass is 9.72. The summed E-state index contributed by atoms with van der Waals surface area (Å²) < 4.78 is 59.1. The molecular formula is C20H25F4NO3. The number of halogens is 4. The van der Waals surface area contributed by atoms with E-state index in [2.05, 4.69) is 0 Å². The predicted octanol–water partition coefficient (Wildman–Crippen LogP) is 4.98. The molecule has 0 aliphatic carbocycles. The van der Waals surface area contributed by atoms with E-state index in [9.17, 15) is 27.5 Å². The molecule has 0 aromatic heterocycles. The van der Waals surface area contributed by atoms with Crippen LogP contribution in [0.3, 0.4) is 0 Å². The Labute approximate surface area is 161 Å². The number of rotatable bonds is 1. The quantitative estimate of drug-likeness (QED) is 0.673. The third-order valence-corrected chi connectivity index (χ3v) is 5.41. The first-order valence-electron chi connectivity index (χ1n) is 9.41. The van der Waals surface area contributed by atoms with E-state index in [0.717, 1.165) is 12.5 Å². The third-order valence-electron chi connectivity index (χ3n) is 5.41. The Kier molecular flexibility index (Phi) is 5.15. The van der Waals surface area contributed by atoms with Crippen LogP contribution in [-0.4, -0.2) is 33.8 Å². The number of benzene rings is 1. The molecule has 1 aromatic carbocycles. The number of hydrogen-bond acceptors (Lipinski definition) is 3. The topological polar surface area (TPSA) is 49.8 Å². The van der Waals surface area contributed by atoms with Crippen LogP contribution in [0.15, 0.2) is 18.2 Å². The fourth-order valence-corrected chi connectivity index (χ4v) is 4.32.